The predicted molar refractivity (Wildman–Crippen MR) is 146 cm³/mol. The summed E-state index contributed by atoms with van der Waals surface area (Å²) in [6.07, 6.45) is 7.53. The van der Waals surface area contributed by atoms with Gasteiger partial charge in [0.15, 0.2) is 17.2 Å². The summed E-state index contributed by atoms with van der Waals surface area (Å²) in [7, 11) is 4.13. The maximum atomic E-state index is 13.3. The zero-order chi connectivity index (χ0) is 26.9. The number of allylic oxidation sites excluding steroid dienone is 2. The summed E-state index contributed by atoms with van der Waals surface area (Å²) in [6.45, 7) is 6.73. The van der Waals surface area contributed by atoms with Crippen LogP contribution in [0.25, 0.3) is 0 Å². The smallest absolute Gasteiger partial charge is 0.303 e. The first-order valence-corrected chi connectivity index (χ1v) is 14.6. The lowest BCUT2D eigenvalue weighted by atomic mass is 9.50. The first-order chi connectivity index (χ1) is 18.1. The fourth-order valence-electron chi connectivity index (χ4n) is 9.34. The van der Waals surface area contributed by atoms with Crippen molar-refractivity contribution in [2.75, 3.05) is 32.2 Å². The molecule has 6 rings (SSSR count). The van der Waals surface area contributed by atoms with Crippen molar-refractivity contribution < 1.29 is 23.8 Å². The van der Waals surface area contributed by atoms with Gasteiger partial charge in [-0.1, -0.05) is 30.2 Å². The first kappa shape index (κ1) is 26.1. The van der Waals surface area contributed by atoms with Gasteiger partial charge in [0.05, 0.1) is 13.2 Å². The van der Waals surface area contributed by atoms with E-state index in [-0.39, 0.29) is 23.5 Å². The molecular weight excluding hydrogens is 478 g/mol. The minimum Gasteiger partial charge on any atom is -0.451 e. The molecule has 4 fully saturated rings. The Balaban J connectivity index is 1.46. The molecule has 3 saturated carbocycles. The summed E-state index contributed by atoms with van der Waals surface area (Å²) in [4.78, 5) is 27.8. The molecule has 0 radical (unpaired) electrons. The minimum absolute atomic E-state index is 0.000617. The molecule has 6 atom stereocenters. The highest BCUT2D eigenvalue weighted by molar-refractivity contribution is 5.89. The van der Waals surface area contributed by atoms with E-state index in [1.165, 1.54) is 18.2 Å². The molecule has 1 spiro atoms. The molecule has 5 aliphatic rings. The van der Waals surface area contributed by atoms with Gasteiger partial charge in [-0.2, -0.15) is 0 Å². The molecule has 1 aromatic carbocycles. The standard InChI is InChI=1S/C32H43NO5/c1-20(34)32(38-21(2)35)15-13-28-26-11-8-23-18-31(36-16-17-37-31)14-12-25(23)29(26)27(19-30(28,32)3)22-6-9-24(10-7-22)33(4)5/h6-7,9-10,23,26-28H,8,11-19H2,1-5H3/t23?,26?,27?,28?,30?,32-/m0/s1. The number of carbonyl (C=O) groups excluding carboxylic acids is 2. The van der Waals surface area contributed by atoms with Crippen LogP contribution in [0.15, 0.2) is 35.4 Å². The molecule has 6 heteroatoms. The van der Waals surface area contributed by atoms with Gasteiger partial charge in [-0.15, -0.1) is 0 Å². The van der Waals surface area contributed by atoms with E-state index in [1.807, 2.05) is 0 Å². The molecular formula is C32H43NO5. The van der Waals surface area contributed by atoms with Crippen molar-refractivity contribution in [2.45, 2.75) is 89.4 Å². The second-order valence-electron chi connectivity index (χ2n) is 13.0. The molecule has 1 heterocycles. The Labute approximate surface area is 227 Å². The molecule has 0 aromatic heterocycles. The van der Waals surface area contributed by atoms with E-state index in [4.69, 9.17) is 14.2 Å². The molecule has 0 amide bonds. The van der Waals surface area contributed by atoms with Crippen LogP contribution >= 0.6 is 0 Å². The number of anilines is 1. The number of carbonyl (C=O) groups is 2. The van der Waals surface area contributed by atoms with Crippen molar-refractivity contribution in [1.82, 2.24) is 0 Å². The van der Waals surface area contributed by atoms with Gasteiger partial charge in [0.2, 0.25) is 0 Å². The van der Waals surface area contributed by atoms with Crippen LogP contribution in [0.1, 0.15) is 83.6 Å². The summed E-state index contributed by atoms with van der Waals surface area (Å²) in [5, 5.41) is 0. The Kier molecular flexibility index (Phi) is 6.31. The normalized spacial score (nSPS) is 37.4. The molecule has 0 N–H and O–H groups in total. The predicted octanol–water partition coefficient (Wildman–Crippen LogP) is 5.80. The third-order valence-corrected chi connectivity index (χ3v) is 11.0. The Morgan fingerprint density at radius 3 is 2.32 bits per heavy atom. The Morgan fingerprint density at radius 1 is 0.974 bits per heavy atom. The lowest BCUT2D eigenvalue weighted by Crippen LogP contribution is -2.57. The van der Waals surface area contributed by atoms with Gasteiger partial charge in [-0.05, 0) is 80.9 Å². The van der Waals surface area contributed by atoms with Crippen LogP contribution in [0.4, 0.5) is 5.69 Å². The van der Waals surface area contributed by atoms with Gasteiger partial charge in [-0.25, -0.2) is 0 Å². The second-order valence-corrected chi connectivity index (χ2v) is 13.0. The average Bonchev–Trinajstić information content (AvgIpc) is 3.45. The number of ether oxygens (including phenoxy) is 3. The van der Waals surface area contributed by atoms with Crippen molar-refractivity contribution >= 4 is 17.4 Å². The Bertz CT molecular complexity index is 1150. The topological polar surface area (TPSA) is 65.1 Å². The first-order valence-electron chi connectivity index (χ1n) is 14.6. The largest absolute Gasteiger partial charge is 0.451 e. The van der Waals surface area contributed by atoms with Gasteiger partial charge < -0.3 is 19.1 Å². The minimum atomic E-state index is -1.04. The Hall–Kier alpha value is -2.18. The summed E-state index contributed by atoms with van der Waals surface area (Å²) < 4.78 is 18.4. The highest BCUT2D eigenvalue weighted by Crippen LogP contribution is 2.68. The highest BCUT2D eigenvalue weighted by atomic mass is 16.7. The molecule has 4 aliphatic carbocycles. The zero-order valence-corrected chi connectivity index (χ0v) is 23.7. The quantitative estimate of drug-likeness (QED) is 0.369. The highest BCUT2D eigenvalue weighted by Gasteiger charge is 2.67. The van der Waals surface area contributed by atoms with E-state index in [0.717, 1.165) is 44.9 Å². The summed E-state index contributed by atoms with van der Waals surface area (Å²) in [5.41, 5.74) is 4.30. The van der Waals surface area contributed by atoms with E-state index >= 15 is 0 Å². The van der Waals surface area contributed by atoms with Gasteiger partial charge in [-0.3, -0.25) is 9.59 Å². The molecule has 38 heavy (non-hydrogen) atoms. The van der Waals surface area contributed by atoms with Gasteiger partial charge in [0.1, 0.15) is 0 Å². The summed E-state index contributed by atoms with van der Waals surface area (Å²) in [6, 6.07) is 8.97. The third-order valence-electron chi connectivity index (χ3n) is 11.0. The maximum absolute atomic E-state index is 13.3. The molecule has 206 valence electrons. The molecule has 5 unspecified atom stereocenters. The van der Waals surface area contributed by atoms with Crippen molar-refractivity contribution in [3.63, 3.8) is 0 Å². The lowest BCUT2D eigenvalue weighted by Gasteiger charge is -2.56. The van der Waals surface area contributed by atoms with E-state index in [9.17, 15) is 9.59 Å². The van der Waals surface area contributed by atoms with Crippen molar-refractivity contribution in [3.05, 3.63) is 41.0 Å². The number of Topliss-reactive ketones (excluding diaryl/α,β-unsaturated/α-hetero) is 1. The molecule has 0 bridgehead atoms. The van der Waals surface area contributed by atoms with Crippen molar-refractivity contribution in [1.29, 1.82) is 0 Å². The van der Waals surface area contributed by atoms with E-state index < -0.39 is 11.0 Å². The fraction of sp³-hybridized carbons (Fsp3) is 0.688. The van der Waals surface area contributed by atoms with E-state index in [0.29, 0.717) is 37.4 Å². The number of benzene rings is 1. The van der Waals surface area contributed by atoms with Gasteiger partial charge in [0, 0.05) is 50.9 Å². The number of nitrogens with zero attached hydrogens (tertiary/aromatic N) is 1. The summed E-state index contributed by atoms with van der Waals surface area (Å²) >= 11 is 0. The number of fused-ring (bicyclic) bond motifs is 4. The third kappa shape index (κ3) is 3.81. The monoisotopic (exact) mass is 521 g/mol. The fourth-order valence-corrected chi connectivity index (χ4v) is 9.34. The van der Waals surface area contributed by atoms with Gasteiger partial charge >= 0.3 is 5.97 Å². The van der Waals surface area contributed by atoms with Gasteiger partial charge in [0.25, 0.3) is 0 Å². The molecule has 1 aliphatic heterocycles. The number of esters is 1. The molecule has 1 saturated heterocycles. The van der Waals surface area contributed by atoms with Crippen LogP contribution in [0.5, 0.6) is 0 Å². The number of hydrogen-bond donors (Lipinski definition) is 0. The van der Waals surface area contributed by atoms with Crippen LogP contribution in [0, 0.1) is 23.2 Å². The maximum Gasteiger partial charge on any atom is 0.303 e. The van der Waals surface area contributed by atoms with Crippen LogP contribution in [0.2, 0.25) is 0 Å². The second kappa shape index (κ2) is 9.19. The number of hydrogen-bond acceptors (Lipinski definition) is 6. The van der Waals surface area contributed by atoms with Crippen LogP contribution in [0.3, 0.4) is 0 Å². The van der Waals surface area contributed by atoms with Crippen LogP contribution in [-0.4, -0.2) is 50.4 Å². The van der Waals surface area contributed by atoms with E-state index in [2.05, 4.69) is 50.2 Å². The summed E-state index contributed by atoms with van der Waals surface area (Å²) in [5.74, 6) is 0.710. The van der Waals surface area contributed by atoms with Crippen LogP contribution in [-0.2, 0) is 23.8 Å². The van der Waals surface area contributed by atoms with E-state index in [1.54, 1.807) is 18.1 Å². The molecule has 6 nitrogen and oxygen atoms in total. The average molecular weight is 522 g/mol. The SMILES string of the molecule is CC(=O)O[C@]1(C(C)=O)CCC2C3CCC4CC5(CCC4=C3C(c3ccc(N(C)C)cc3)CC21C)OCCO5. The zero-order valence-electron chi connectivity index (χ0n) is 23.7. The number of rotatable bonds is 4. The number of ketones is 1. The van der Waals surface area contributed by atoms with Crippen LogP contribution < -0.4 is 4.90 Å². The van der Waals surface area contributed by atoms with Crippen molar-refractivity contribution in [3.8, 4) is 0 Å². The Morgan fingerprint density at radius 2 is 1.68 bits per heavy atom. The lowest BCUT2D eigenvalue weighted by molar-refractivity contribution is -0.185. The van der Waals surface area contributed by atoms with Crippen molar-refractivity contribution in [2.24, 2.45) is 23.2 Å². The molecule has 1 aromatic rings.